The second kappa shape index (κ2) is 8.88. The van der Waals surface area contributed by atoms with Gasteiger partial charge in [-0.25, -0.2) is 0 Å². The van der Waals surface area contributed by atoms with Crippen molar-refractivity contribution in [3.63, 3.8) is 0 Å². The molecule has 3 heteroatoms. The summed E-state index contributed by atoms with van der Waals surface area (Å²) in [7, 11) is 0. The van der Waals surface area contributed by atoms with Crippen LogP contribution in [0.2, 0.25) is 0 Å². The number of rotatable bonds is 2. The molecular weight excluding hydrogens is 74.9 g/mol. The molecule has 0 aliphatic heterocycles. The first kappa shape index (κ1) is 9.37. The molecule has 0 fully saturated rings. The maximum absolute atomic E-state index is 5.06. The zero-order valence-corrected chi connectivity index (χ0v) is 3.28. The molecule has 0 aromatic heterocycles. The molecule has 0 aromatic rings. The van der Waals surface area contributed by atoms with Crippen molar-refractivity contribution in [2.75, 3.05) is 13.1 Å². The standard InChI is InChI=1S/C3H10N2.BH3/c4-2-1-3-5;/h1-5H2;1H3. The number of hydrogen-bond donors (Lipinski definition) is 2. The van der Waals surface area contributed by atoms with Gasteiger partial charge in [-0.2, -0.15) is 0 Å². The lowest BCUT2D eigenvalue weighted by atomic mass is 10.4. The maximum Gasteiger partial charge on any atom is 0.0814 e. The highest BCUT2D eigenvalue weighted by Gasteiger charge is 1.67. The van der Waals surface area contributed by atoms with Crippen LogP contribution >= 0.6 is 0 Å². The van der Waals surface area contributed by atoms with Gasteiger partial charge in [0.05, 0.1) is 8.41 Å². The Morgan fingerprint density at radius 3 is 1.33 bits per heavy atom. The lowest BCUT2D eigenvalue weighted by Crippen LogP contribution is -2.06. The van der Waals surface area contributed by atoms with Crippen molar-refractivity contribution in [1.29, 1.82) is 0 Å². The Hall–Kier alpha value is -0.0151. The van der Waals surface area contributed by atoms with Crippen LogP contribution in [0, 0.1) is 0 Å². The molecule has 0 aliphatic carbocycles. The van der Waals surface area contributed by atoms with E-state index in [1.165, 1.54) is 0 Å². The van der Waals surface area contributed by atoms with Crippen LogP contribution in [0.25, 0.3) is 0 Å². The predicted octanol–water partition coefficient (Wildman–Crippen LogP) is -1.89. The third kappa shape index (κ3) is 9.01. The van der Waals surface area contributed by atoms with Crippen LogP contribution in [0.3, 0.4) is 0 Å². The quantitative estimate of drug-likeness (QED) is 0.388. The number of hydrogen-bond acceptors (Lipinski definition) is 2. The van der Waals surface area contributed by atoms with E-state index in [9.17, 15) is 0 Å². The van der Waals surface area contributed by atoms with Gasteiger partial charge >= 0.3 is 0 Å². The summed E-state index contributed by atoms with van der Waals surface area (Å²) >= 11 is 0. The van der Waals surface area contributed by atoms with Gasteiger partial charge in [-0.15, -0.1) is 0 Å². The second-order valence-corrected chi connectivity index (χ2v) is 0.931. The summed E-state index contributed by atoms with van der Waals surface area (Å²) in [6.45, 7) is 1.44. The zero-order chi connectivity index (χ0) is 4.12. The van der Waals surface area contributed by atoms with E-state index in [2.05, 4.69) is 0 Å². The summed E-state index contributed by atoms with van der Waals surface area (Å²) in [5.41, 5.74) is 10.1. The van der Waals surface area contributed by atoms with E-state index >= 15 is 0 Å². The summed E-state index contributed by atoms with van der Waals surface area (Å²) in [6, 6.07) is 0. The molecule has 4 N–H and O–H groups in total. The topological polar surface area (TPSA) is 52.0 Å². The second-order valence-electron chi connectivity index (χ2n) is 0.931. The molecule has 0 radical (unpaired) electrons. The Labute approximate surface area is 40.5 Å². The minimum atomic E-state index is 0. The van der Waals surface area contributed by atoms with Crippen molar-refractivity contribution < 1.29 is 0 Å². The van der Waals surface area contributed by atoms with Crippen molar-refractivity contribution in [1.82, 2.24) is 0 Å². The van der Waals surface area contributed by atoms with E-state index in [1.807, 2.05) is 0 Å². The van der Waals surface area contributed by atoms with E-state index < -0.39 is 0 Å². The van der Waals surface area contributed by atoms with Crippen molar-refractivity contribution in [2.45, 2.75) is 6.42 Å². The Balaban J connectivity index is 0. The van der Waals surface area contributed by atoms with E-state index in [4.69, 9.17) is 11.5 Å². The molecule has 0 heterocycles. The van der Waals surface area contributed by atoms with Crippen molar-refractivity contribution in [2.24, 2.45) is 11.5 Å². The molecule has 0 saturated heterocycles. The van der Waals surface area contributed by atoms with E-state index in [0.29, 0.717) is 0 Å². The summed E-state index contributed by atoms with van der Waals surface area (Å²) in [5, 5.41) is 0. The van der Waals surface area contributed by atoms with Gasteiger partial charge < -0.3 is 11.5 Å². The fourth-order valence-electron chi connectivity index (χ4n) is 0.118. The molecule has 6 heavy (non-hydrogen) atoms. The largest absolute Gasteiger partial charge is 0.330 e. The van der Waals surface area contributed by atoms with Gasteiger partial charge in [-0.3, -0.25) is 0 Å². The molecular formula is C3H13BN2. The first-order valence-electron chi connectivity index (χ1n) is 1.82. The highest BCUT2D eigenvalue weighted by Crippen LogP contribution is 1.58. The SMILES string of the molecule is B.NCCCN. The molecule has 0 bridgehead atoms. The summed E-state index contributed by atoms with van der Waals surface area (Å²) in [5.74, 6) is 0. The molecule has 0 rings (SSSR count). The minimum absolute atomic E-state index is 0. The first-order chi connectivity index (χ1) is 2.41. The van der Waals surface area contributed by atoms with Crippen LogP contribution in [-0.4, -0.2) is 21.5 Å². The average Bonchev–Trinajstić information content (AvgIpc) is 1.41. The maximum atomic E-state index is 5.06. The van der Waals surface area contributed by atoms with Gasteiger partial charge in [-0.1, -0.05) is 0 Å². The lowest BCUT2D eigenvalue weighted by Gasteiger charge is -1.81. The van der Waals surface area contributed by atoms with E-state index in [-0.39, 0.29) is 8.41 Å². The van der Waals surface area contributed by atoms with Gasteiger partial charge in [-0.05, 0) is 19.5 Å². The fraction of sp³-hybridized carbons (Fsp3) is 1.00. The highest BCUT2D eigenvalue weighted by atomic mass is 14.6. The first-order valence-corrected chi connectivity index (χ1v) is 1.82. The Bertz CT molecular complexity index is 16.3. The molecule has 0 atom stereocenters. The zero-order valence-electron chi connectivity index (χ0n) is 3.28. The van der Waals surface area contributed by atoms with Gasteiger partial charge in [0.2, 0.25) is 0 Å². The van der Waals surface area contributed by atoms with Crippen molar-refractivity contribution in [3.05, 3.63) is 0 Å². The predicted molar refractivity (Wildman–Crippen MR) is 32.7 cm³/mol. The van der Waals surface area contributed by atoms with Crippen LogP contribution in [-0.2, 0) is 0 Å². The van der Waals surface area contributed by atoms with E-state index in [1.54, 1.807) is 0 Å². The van der Waals surface area contributed by atoms with Gasteiger partial charge in [0.15, 0.2) is 0 Å². The van der Waals surface area contributed by atoms with Crippen molar-refractivity contribution in [3.8, 4) is 0 Å². The van der Waals surface area contributed by atoms with Crippen LogP contribution < -0.4 is 11.5 Å². The van der Waals surface area contributed by atoms with Crippen LogP contribution in [0.1, 0.15) is 6.42 Å². The molecule has 0 aromatic carbocycles. The molecule has 0 amide bonds. The Morgan fingerprint density at radius 1 is 1.00 bits per heavy atom. The molecule has 0 unspecified atom stereocenters. The Kier molecular flexibility index (Phi) is 13.9. The average molecular weight is 88.0 g/mol. The summed E-state index contributed by atoms with van der Waals surface area (Å²) in [4.78, 5) is 0. The normalized spacial score (nSPS) is 7.00. The van der Waals surface area contributed by atoms with Crippen LogP contribution in [0.15, 0.2) is 0 Å². The van der Waals surface area contributed by atoms with Gasteiger partial charge in [0, 0.05) is 0 Å². The summed E-state index contributed by atoms with van der Waals surface area (Å²) in [6.07, 6.45) is 0.944. The monoisotopic (exact) mass is 88.1 g/mol. The lowest BCUT2D eigenvalue weighted by molar-refractivity contribution is 0.844. The fourth-order valence-corrected chi connectivity index (χ4v) is 0.118. The minimum Gasteiger partial charge on any atom is -0.330 e. The summed E-state index contributed by atoms with van der Waals surface area (Å²) < 4.78 is 0. The molecule has 0 saturated carbocycles. The van der Waals surface area contributed by atoms with Gasteiger partial charge in [0.1, 0.15) is 0 Å². The Morgan fingerprint density at radius 2 is 1.33 bits per heavy atom. The molecule has 0 aliphatic rings. The van der Waals surface area contributed by atoms with Crippen molar-refractivity contribution >= 4 is 8.41 Å². The van der Waals surface area contributed by atoms with Crippen LogP contribution in [0.5, 0.6) is 0 Å². The van der Waals surface area contributed by atoms with E-state index in [0.717, 1.165) is 19.5 Å². The van der Waals surface area contributed by atoms with Crippen LogP contribution in [0.4, 0.5) is 0 Å². The third-order valence-corrected chi connectivity index (χ3v) is 0.408. The third-order valence-electron chi connectivity index (χ3n) is 0.408. The molecule has 38 valence electrons. The molecule has 2 nitrogen and oxygen atoms in total. The number of nitrogens with two attached hydrogens (primary N) is 2. The van der Waals surface area contributed by atoms with Gasteiger partial charge in [0.25, 0.3) is 0 Å². The highest BCUT2D eigenvalue weighted by molar-refractivity contribution is 5.75. The smallest absolute Gasteiger partial charge is 0.0814 e. The molecule has 0 spiro atoms.